The molecular weight excluding hydrogens is 316 g/mol. The molecule has 3 rings (SSSR count). The number of hydrogen-bond acceptors (Lipinski definition) is 3. The lowest BCUT2D eigenvalue weighted by Gasteiger charge is -2.11. The Kier molecular flexibility index (Phi) is 4.79. The van der Waals surface area contributed by atoms with Gasteiger partial charge in [0.05, 0.1) is 17.4 Å². The van der Waals surface area contributed by atoms with Crippen LogP contribution in [0.15, 0.2) is 48.8 Å². The van der Waals surface area contributed by atoms with Gasteiger partial charge in [0.1, 0.15) is 0 Å². The van der Waals surface area contributed by atoms with Crippen LogP contribution in [0.5, 0.6) is 0 Å². The molecule has 0 bridgehead atoms. The van der Waals surface area contributed by atoms with E-state index >= 15 is 0 Å². The first-order valence-electron chi connectivity index (χ1n) is 8.09. The Morgan fingerprint density at radius 1 is 1.16 bits per heavy atom. The molecule has 0 radical (unpaired) electrons. The van der Waals surface area contributed by atoms with Gasteiger partial charge in [-0.1, -0.05) is 18.2 Å². The first-order valence-corrected chi connectivity index (χ1v) is 8.09. The van der Waals surface area contributed by atoms with Crippen LogP contribution in [0.2, 0.25) is 0 Å². The fraction of sp³-hybridized carbons (Fsp3) is 0.211. The van der Waals surface area contributed by atoms with E-state index in [-0.39, 0.29) is 11.8 Å². The summed E-state index contributed by atoms with van der Waals surface area (Å²) >= 11 is 0. The van der Waals surface area contributed by atoms with Crippen LogP contribution < -0.4 is 10.6 Å². The summed E-state index contributed by atoms with van der Waals surface area (Å²) in [6.07, 6.45) is 2.67. The van der Waals surface area contributed by atoms with Crippen molar-refractivity contribution >= 4 is 28.5 Å². The molecule has 3 aromatic rings. The molecule has 0 aliphatic rings. The molecule has 0 fully saturated rings. The molecule has 25 heavy (non-hydrogen) atoms. The topological polar surface area (TPSA) is 76.0 Å². The highest BCUT2D eigenvalue weighted by Gasteiger charge is 2.11. The van der Waals surface area contributed by atoms with Gasteiger partial charge >= 0.3 is 0 Å². The largest absolute Gasteiger partial charge is 0.359 e. The van der Waals surface area contributed by atoms with Gasteiger partial charge < -0.3 is 15.2 Å². The molecule has 6 nitrogen and oxygen atoms in total. The maximum atomic E-state index is 12.6. The molecule has 1 heterocycles. The first-order chi connectivity index (χ1) is 12.1. The highest BCUT2D eigenvalue weighted by molar-refractivity contribution is 6.06. The van der Waals surface area contributed by atoms with Crippen LogP contribution >= 0.6 is 0 Å². The van der Waals surface area contributed by atoms with Crippen molar-refractivity contribution in [2.75, 3.05) is 12.4 Å². The van der Waals surface area contributed by atoms with Crippen LogP contribution in [0.25, 0.3) is 11.0 Å². The second-order valence-corrected chi connectivity index (χ2v) is 5.84. The summed E-state index contributed by atoms with van der Waals surface area (Å²) in [6.45, 7) is 0. The minimum atomic E-state index is -0.194. The maximum absolute atomic E-state index is 12.6. The monoisotopic (exact) mass is 336 g/mol. The van der Waals surface area contributed by atoms with E-state index in [1.165, 1.54) is 0 Å². The molecule has 0 atom stereocenters. The van der Waals surface area contributed by atoms with E-state index in [9.17, 15) is 9.59 Å². The number of aryl methyl sites for hydroxylation is 2. The van der Waals surface area contributed by atoms with Crippen molar-refractivity contribution < 1.29 is 9.59 Å². The fourth-order valence-electron chi connectivity index (χ4n) is 2.71. The molecular formula is C19H20N4O2. The Morgan fingerprint density at radius 2 is 1.96 bits per heavy atom. The Morgan fingerprint density at radius 3 is 2.76 bits per heavy atom. The molecule has 0 saturated carbocycles. The highest BCUT2D eigenvalue weighted by Crippen LogP contribution is 2.19. The standard InChI is InChI=1S/C19H20N4O2/c1-20-18(24)10-8-13-5-3-4-6-15(13)22-19(25)14-7-9-17-16(11-14)21-12-23(17)2/h3-7,9,11-12H,8,10H2,1-2H3,(H,20,24)(H,22,25). The van der Waals surface area contributed by atoms with E-state index in [1.54, 1.807) is 25.5 Å². The lowest BCUT2D eigenvalue weighted by molar-refractivity contribution is -0.120. The molecule has 2 amide bonds. The van der Waals surface area contributed by atoms with Crippen molar-refractivity contribution in [1.29, 1.82) is 0 Å². The van der Waals surface area contributed by atoms with E-state index in [0.717, 1.165) is 22.3 Å². The number of anilines is 1. The molecule has 1 aromatic heterocycles. The number of carbonyl (C=O) groups is 2. The summed E-state index contributed by atoms with van der Waals surface area (Å²) in [5, 5.41) is 5.54. The molecule has 128 valence electrons. The van der Waals surface area contributed by atoms with Gasteiger partial charge in [-0.3, -0.25) is 9.59 Å². The third-order valence-corrected chi connectivity index (χ3v) is 4.15. The van der Waals surface area contributed by atoms with Crippen LogP contribution in [-0.4, -0.2) is 28.4 Å². The minimum absolute atomic E-state index is 0.0262. The number of aromatic nitrogens is 2. The molecule has 0 aliphatic heterocycles. The molecule has 0 aliphatic carbocycles. The fourth-order valence-corrected chi connectivity index (χ4v) is 2.71. The van der Waals surface area contributed by atoms with E-state index in [1.807, 2.05) is 41.9 Å². The van der Waals surface area contributed by atoms with Crippen LogP contribution in [0.1, 0.15) is 22.3 Å². The number of hydrogen-bond donors (Lipinski definition) is 2. The van der Waals surface area contributed by atoms with E-state index in [0.29, 0.717) is 18.4 Å². The average molecular weight is 336 g/mol. The van der Waals surface area contributed by atoms with Crippen LogP contribution in [0.4, 0.5) is 5.69 Å². The van der Waals surface area contributed by atoms with Gasteiger partial charge in [0, 0.05) is 31.8 Å². The number of fused-ring (bicyclic) bond motifs is 1. The lowest BCUT2D eigenvalue weighted by atomic mass is 10.1. The Hall–Kier alpha value is -3.15. The molecule has 2 N–H and O–H groups in total. The van der Waals surface area contributed by atoms with Crippen LogP contribution in [0.3, 0.4) is 0 Å². The van der Waals surface area contributed by atoms with Gasteiger partial charge in [-0.2, -0.15) is 0 Å². The molecule has 2 aromatic carbocycles. The molecule has 6 heteroatoms. The van der Waals surface area contributed by atoms with Gasteiger partial charge in [-0.15, -0.1) is 0 Å². The summed E-state index contributed by atoms with van der Waals surface area (Å²) in [7, 11) is 3.53. The average Bonchev–Trinajstić information content (AvgIpc) is 3.01. The summed E-state index contributed by atoms with van der Waals surface area (Å²) in [5.41, 5.74) is 3.95. The molecule has 0 spiro atoms. The van der Waals surface area contributed by atoms with Crippen molar-refractivity contribution in [1.82, 2.24) is 14.9 Å². The lowest BCUT2D eigenvalue weighted by Crippen LogP contribution is -2.18. The Bertz CT molecular complexity index is 930. The van der Waals surface area contributed by atoms with Crippen molar-refractivity contribution in [3.63, 3.8) is 0 Å². The number of rotatable bonds is 5. The Balaban J connectivity index is 1.78. The zero-order chi connectivity index (χ0) is 17.8. The number of para-hydroxylation sites is 1. The van der Waals surface area contributed by atoms with Crippen LogP contribution in [-0.2, 0) is 18.3 Å². The zero-order valence-corrected chi connectivity index (χ0v) is 14.2. The predicted molar refractivity (Wildman–Crippen MR) is 97.5 cm³/mol. The Labute approximate surface area is 145 Å². The van der Waals surface area contributed by atoms with E-state index in [4.69, 9.17) is 0 Å². The van der Waals surface area contributed by atoms with Gasteiger partial charge in [0.15, 0.2) is 0 Å². The van der Waals surface area contributed by atoms with Crippen molar-refractivity contribution in [2.45, 2.75) is 12.8 Å². The predicted octanol–water partition coefficient (Wildman–Crippen LogP) is 2.50. The second kappa shape index (κ2) is 7.17. The summed E-state index contributed by atoms with van der Waals surface area (Å²) in [5.74, 6) is -0.221. The smallest absolute Gasteiger partial charge is 0.255 e. The number of imidazole rings is 1. The highest BCUT2D eigenvalue weighted by atomic mass is 16.2. The van der Waals surface area contributed by atoms with E-state index < -0.39 is 0 Å². The number of carbonyl (C=O) groups excluding carboxylic acids is 2. The number of nitrogens with one attached hydrogen (secondary N) is 2. The van der Waals surface area contributed by atoms with Crippen molar-refractivity contribution in [3.05, 3.63) is 59.9 Å². The quantitative estimate of drug-likeness (QED) is 0.752. The van der Waals surface area contributed by atoms with Gasteiger partial charge in [0.25, 0.3) is 5.91 Å². The van der Waals surface area contributed by atoms with E-state index in [2.05, 4.69) is 15.6 Å². The van der Waals surface area contributed by atoms with Gasteiger partial charge in [-0.05, 0) is 36.2 Å². The molecule has 0 unspecified atom stereocenters. The minimum Gasteiger partial charge on any atom is -0.359 e. The first kappa shape index (κ1) is 16.7. The van der Waals surface area contributed by atoms with Crippen molar-refractivity contribution in [3.8, 4) is 0 Å². The molecule has 0 saturated heterocycles. The third-order valence-electron chi connectivity index (χ3n) is 4.15. The number of nitrogens with zero attached hydrogens (tertiary/aromatic N) is 2. The van der Waals surface area contributed by atoms with Gasteiger partial charge in [0.2, 0.25) is 5.91 Å². The van der Waals surface area contributed by atoms with Crippen molar-refractivity contribution in [2.24, 2.45) is 7.05 Å². The normalized spacial score (nSPS) is 10.6. The summed E-state index contributed by atoms with van der Waals surface area (Å²) < 4.78 is 1.91. The maximum Gasteiger partial charge on any atom is 0.255 e. The number of amides is 2. The SMILES string of the molecule is CNC(=O)CCc1ccccc1NC(=O)c1ccc2c(c1)ncn2C. The number of benzene rings is 2. The zero-order valence-electron chi connectivity index (χ0n) is 14.2. The summed E-state index contributed by atoms with van der Waals surface area (Å²) in [6, 6.07) is 13.0. The van der Waals surface area contributed by atoms with Gasteiger partial charge in [-0.25, -0.2) is 4.98 Å². The third kappa shape index (κ3) is 3.68. The summed E-state index contributed by atoms with van der Waals surface area (Å²) in [4.78, 5) is 28.3. The van der Waals surface area contributed by atoms with Crippen LogP contribution in [0, 0.1) is 0 Å². The second-order valence-electron chi connectivity index (χ2n) is 5.84.